The lowest BCUT2D eigenvalue weighted by molar-refractivity contribution is -0.135. The molecule has 1 aromatic carbocycles. The first kappa shape index (κ1) is 14.0. The second kappa shape index (κ2) is 5.69. The highest BCUT2D eigenvalue weighted by Gasteiger charge is 2.26. The first-order chi connectivity index (χ1) is 8.96. The summed E-state index contributed by atoms with van der Waals surface area (Å²) in [7, 11) is 0. The summed E-state index contributed by atoms with van der Waals surface area (Å²) in [6, 6.07) is 5.52. The molecule has 0 fully saturated rings. The van der Waals surface area contributed by atoms with Crippen molar-refractivity contribution < 1.29 is 22.6 Å². The van der Waals surface area contributed by atoms with Crippen LogP contribution in [0, 0.1) is 0 Å². The van der Waals surface area contributed by atoms with Gasteiger partial charge in [-0.1, -0.05) is 6.07 Å². The molecule has 2 rings (SSSR count). The van der Waals surface area contributed by atoms with Crippen molar-refractivity contribution in [3.63, 3.8) is 0 Å². The van der Waals surface area contributed by atoms with Gasteiger partial charge in [0, 0.05) is 12.5 Å². The minimum absolute atomic E-state index is 0.0252. The van der Waals surface area contributed by atoms with E-state index in [4.69, 9.17) is 9.47 Å². The highest BCUT2D eigenvalue weighted by Crippen LogP contribution is 2.34. The van der Waals surface area contributed by atoms with E-state index in [1.165, 1.54) is 0 Å². The summed E-state index contributed by atoms with van der Waals surface area (Å²) >= 11 is 0. The van der Waals surface area contributed by atoms with Crippen LogP contribution < -0.4 is 14.8 Å². The van der Waals surface area contributed by atoms with Crippen LogP contribution in [0.4, 0.5) is 13.2 Å². The molecule has 0 aliphatic carbocycles. The Labute approximate surface area is 109 Å². The van der Waals surface area contributed by atoms with Crippen LogP contribution in [0.5, 0.6) is 11.5 Å². The Morgan fingerprint density at radius 1 is 1.26 bits per heavy atom. The average Bonchev–Trinajstić information content (AvgIpc) is 2.80. The lowest BCUT2D eigenvalue weighted by atomic mass is 10.1. The number of rotatable bonds is 5. The van der Waals surface area contributed by atoms with Gasteiger partial charge in [0.05, 0.1) is 0 Å². The molecule has 1 aliphatic heterocycles. The summed E-state index contributed by atoms with van der Waals surface area (Å²) in [6.45, 7) is 2.45. The van der Waals surface area contributed by atoms with Crippen LogP contribution in [-0.4, -0.2) is 19.5 Å². The van der Waals surface area contributed by atoms with Crippen LogP contribution in [0.15, 0.2) is 18.2 Å². The molecule has 0 spiro atoms. The highest BCUT2D eigenvalue weighted by atomic mass is 19.4. The number of halogens is 3. The van der Waals surface area contributed by atoms with E-state index in [-0.39, 0.29) is 19.3 Å². The Bertz CT molecular complexity index is 434. The molecule has 1 N–H and O–H groups in total. The van der Waals surface area contributed by atoms with Crippen LogP contribution in [0.1, 0.15) is 31.4 Å². The van der Waals surface area contributed by atoms with Crippen molar-refractivity contribution in [1.29, 1.82) is 0 Å². The summed E-state index contributed by atoms with van der Waals surface area (Å²) in [6.07, 6.45) is -4.75. The van der Waals surface area contributed by atoms with E-state index in [1.54, 1.807) is 0 Å². The molecule has 19 heavy (non-hydrogen) atoms. The standard InChI is InChI=1S/C13H16F3NO2/c1-9(17-6-2-5-13(14,15)16)10-3-4-11-12(7-10)19-8-18-11/h3-4,7,9,17H,2,5-6,8H2,1H3. The van der Waals surface area contributed by atoms with Gasteiger partial charge in [-0.15, -0.1) is 0 Å². The quantitative estimate of drug-likeness (QED) is 0.835. The number of hydrogen-bond donors (Lipinski definition) is 1. The van der Waals surface area contributed by atoms with Crippen LogP contribution in [0.2, 0.25) is 0 Å². The Morgan fingerprint density at radius 3 is 2.74 bits per heavy atom. The second-order valence-corrected chi connectivity index (χ2v) is 4.51. The number of alkyl halides is 3. The predicted octanol–water partition coefficient (Wildman–Crippen LogP) is 3.41. The van der Waals surface area contributed by atoms with Gasteiger partial charge < -0.3 is 14.8 Å². The summed E-state index contributed by atoms with van der Waals surface area (Å²) < 4.78 is 46.4. The molecule has 1 aliphatic rings. The molecule has 0 amide bonds. The van der Waals surface area contributed by atoms with Gasteiger partial charge in [-0.25, -0.2) is 0 Å². The first-order valence-corrected chi connectivity index (χ1v) is 6.15. The summed E-state index contributed by atoms with van der Waals surface area (Å²) in [5.41, 5.74) is 0.969. The number of hydrogen-bond acceptors (Lipinski definition) is 3. The van der Waals surface area contributed by atoms with Crippen molar-refractivity contribution >= 4 is 0 Å². The van der Waals surface area contributed by atoms with Crippen molar-refractivity contribution in [3.8, 4) is 11.5 Å². The molecule has 1 atom stereocenters. The lowest BCUT2D eigenvalue weighted by Gasteiger charge is -2.15. The molecule has 0 saturated heterocycles. The van der Waals surface area contributed by atoms with Crippen LogP contribution >= 0.6 is 0 Å². The van der Waals surface area contributed by atoms with E-state index in [2.05, 4.69) is 5.32 Å². The number of benzene rings is 1. The van der Waals surface area contributed by atoms with Gasteiger partial charge in [0.1, 0.15) is 0 Å². The highest BCUT2D eigenvalue weighted by molar-refractivity contribution is 5.45. The van der Waals surface area contributed by atoms with Gasteiger partial charge in [-0.2, -0.15) is 13.2 Å². The van der Waals surface area contributed by atoms with E-state index < -0.39 is 12.6 Å². The second-order valence-electron chi connectivity index (χ2n) is 4.51. The van der Waals surface area contributed by atoms with Crippen molar-refractivity contribution in [2.45, 2.75) is 32.0 Å². The molecular weight excluding hydrogens is 259 g/mol. The maximum atomic E-state index is 12.0. The SMILES string of the molecule is CC(NCCCC(F)(F)F)c1ccc2c(c1)OCO2. The number of nitrogens with one attached hydrogen (secondary N) is 1. The van der Waals surface area contributed by atoms with E-state index in [0.29, 0.717) is 18.0 Å². The van der Waals surface area contributed by atoms with Crippen LogP contribution in [0.25, 0.3) is 0 Å². The average molecular weight is 275 g/mol. The molecule has 1 heterocycles. The van der Waals surface area contributed by atoms with Gasteiger partial charge in [-0.3, -0.25) is 0 Å². The molecule has 0 saturated carbocycles. The zero-order chi connectivity index (χ0) is 13.9. The van der Waals surface area contributed by atoms with Crippen LogP contribution in [-0.2, 0) is 0 Å². The first-order valence-electron chi connectivity index (χ1n) is 6.15. The summed E-state index contributed by atoms with van der Waals surface area (Å²) in [4.78, 5) is 0. The Balaban J connectivity index is 1.81. The Morgan fingerprint density at radius 2 is 2.00 bits per heavy atom. The van der Waals surface area contributed by atoms with Crippen molar-refractivity contribution in [3.05, 3.63) is 23.8 Å². The molecule has 3 nitrogen and oxygen atoms in total. The summed E-state index contributed by atoms with van der Waals surface area (Å²) in [5, 5.41) is 3.07. The molecule has 1 unspecified atom stereocenters. The maximum absolute atomic E-state index is 12.0. The zero-order valence-electron chi connectivity index (χ0n) is 10.6. The zero-order valence-corrected chi connectivity index (χ0v) is 10.6. The molecule has 1 aromatic rings. The monoisotopic (exact) mass is 275 g/mol. The molecule has 0 radical (unpaired) electrons. The van der Waals surface area contributed by atoms with E-state index in [1.807, 2.05) is 25.1 Å². The van der Waals surface area contributed by atoms with Gasteiger partial charge >= 0.3 is 6.18 Å². The normalized spacial score (nSPS) is 15.6. The van der Waals surface area contributed by atoms with Gasteiger partial charge in [-0.05, 0) is 37.6 Å². The van der Waals surface area contributed by atoms with E-state index >= 15 is 0 Å². The Kier molecular flexibility index (Phi) is 4.19. The lowest BCUT2D eigenvalue weighted by Crippen LogP contribution is -2.21. The minimum atomic E-state index is -4.08. The van der Waals surface area contributed by atoms with Crippen LogP contribution in [0.3, 0.4) is 0 Å². The fourth-order valence-electron chi connectivity index (χ4n) is 1.91. The van der Waals surface area contributed by atoms with Crippen molar-refractivity contribution in [1.82, 2.24) is 5.32 Å². The number of ether oxygens (including phenoxy) is 2. The third-order valence-corrected chi connectivity index (χ3v) is 2.98. The van der Waals surface area contributed by atoms with E-state index in [0.717, 1.165) is 5.56 Å². The molecule has 6 heteroatoms. The Hall–Kier alpha value is -1.43. The van der Waals surface area contributed by atoms with E-state index in [9.17, 15) is 13.2 Å². The van der Waals surface area contributed by atoms with Crippen molar-refractivity contribution in [2.24, 2.45) is 0 Å². The van der Waals surface area contributed by atoms with Crippen molar-refractivity contribution in [2.75, 3.05) is 13.3 Å². The minimum Gasteiger partial charge on any atom is -0.454 e. The predicted molar refractivity (Wildman–Crippen MR) is 64.3 cm³/mol. The fraction of sp³-hybridized carbons (Fsp3) is 0.538. The molecule has 106 valence electrons. The molecule has 0 aromatic heterocycles. The maximum Gasteiger partial charge on any atom is 0.389 e. The number of fused-ring (bicyclic) bond motifs is 1. The van der Waals surface area contributed by atoms with Gasteiger partial charge in [0.25, 0.3) is 0 Å². The molecule has 0 bridgehead atoms. The smallest absolute Gasteiger partial charge is 0.389 e. The largest absolute Gasteiger partial charge is 0.454 e. The third-order valence-electron chi connectivity index (χ3n) is 2.98. The fourth-order valence-corrected chi connectivity index (χ4v) is 1.91. The topological polar surface area (TPSA) is 30.5 Å². The third kappa shape index (κ3) is 4.02. The molecular formula is C13H16F3NO2. The van der Waals surface area contributed by atoms with Gasteiger partial charge in [0.15, 0.2) is 11.5 Å². The van der Waals surface area contributed by atoms with Gasteiger partial charge in [0.2, 0.25) is 6.79 Å². The summed E-state index contributed by atoms with van der Waals surface area (Å²) in [5.74, 6) is 1.38.